The lowest BCUT2D eigenvalue weighted by Gasteiger charge is -2.22. The van der Waals surface area contributed by atoms with Crippen LogP contribution >= 0.6 is 0 Å². The summed E-state index contributed by atoms with van der Waals surface area (Å²) in [6.45, 7) is 3.63. The summed E-state index contributed by atoms with van der Waals surface area (Å²) >= 11 is 0. The van der Waals surface area contributed by atoms with Gasteiger partial charge in [-0.05, 0) is 75.0 Å². The van der Waals surface area contributed by atoms with Crippen molar-refractivity contribution in [1.29, 1.82) is 0 Å². The third-order valence-electron chi connectivity index (χ3n) is 7.24. The van der Waals surface area contributed by atoms with Crippen LogP contribution in [0.15, 0.2) is 67.0 Å². The van der Waals surface area contributed by atoms with E-state index >= 15 is 0 Å². The molecule has 0 saturated carbocycles. The topological polar surface area (TPSA) is 52.9 Å². The summed E-state index contributed by atoms with van der Waals surface area (Å²) in [6, 6.07) is 15.3. The van der Waals surface area contributed by atoms with Crippen LogP contribution in [0, 0.1) is 6.92 Å². The van der Waals surface area contributed by atoms with Gasteiger partial charge in [0.2, 0.25) is 0 Å². The van der Waals surface area contributed by atoms with Crippen molar-refractivity contribution in [3.8, 4) is 11.3 Å². The third kappa shape index (κ3) is 5.30. The number of anilines is 1. The van der Waals surface area contributed by atoms with Crippen molar-refractivity contribution in [3.05, 3.63) is 89.2 Å². The van der Waals surface area contributed by atoms with Gasteiger partial charge in [-0.2, -0.15) is 13.2 Å². The van der Waals surface area contributed by atoms with E-state index in [0.717, 1.165) is 48.0 Å². The number of halogens is 3. The highest BCUT2D eigenvalue weighted by molar-refractivity contribution is 6.05. The molecule has 0 radical (unpaired) electrons. The number of aromatic nitrogens is 2. The monoisotopic (exact) mass is 521 g/mol. The number of carbonyl (C=O) groups is 1. The smallest absolute Gasteiger partial charge is 0.322 e. The van der Waals surface area contributed by atoms with E-state index in [2.05, 4.69) is 15.2 Å². The lowest BCUT2D eigenvalue weighted by atomic mass is 10.0. The van der Waals surface area contributed by atoms with Gasteiger partial charge < -0.3 is 10.2 Å². The van der Waals surface area contributed by atoms with E-state index in [1.165, 1.54) is 6.07 Å². The molecular formula is C29H30F3N5O. The molecule has 9 heteroatoms. The molecule has 198 valence electrons. The lowest BCUT2D eigenvalue weighted by Crippen LogP contribution is -2.31. The van der Waals surface area contributed by atoms with Gasteiger partial charge >= 0.3 is 6.18 Å². The zero-order valence-corrected chi connectivity index (χ0v) is 21.6. The Kier molecular flexibility index (Phi) is 6.98. The number of nitrogens with zero attached hydrogens (tertiary/aromatic N) is 4. The molecule has 5 rings (SSSR count). The molecule has 1 amide bonds. The van der Waals surface area contributed by atoms with Crippen molar-refractivity contribution < 1.29 is 18.0 Å². The maximum atomic E-state index is 14.0. The first-order valence-electron chi connectivity index (χ1n) is 12.5. The maximum Gasteiger partial charge on any atom is 0.416 e. The van der Waals surface area contributed by atoms with Gasteiger partial charge in [0.25, 0.3) is 5.91 Å². The van der Waals surface area contributed by atoms with Crippen LogP contribution < -0.4 is 5.32 Å². The van der Waals surface area contributed by atoms with Gasteiger partial charge in [-0.3, -0.25) is 14.1 Å². The Bertz CT molecular complexity index is 1480. The number of pyridine rings is 1. The number of rotatable bonds is 6. The van der Waals surface area contributed by atoms with Crippen molar-refractivity contribution in [1.82, 2.24) is 19.2 Å². The van der Waals surface area contributed by atoms with Crippen LogP contribution in [0.3, 0.4) is 0 Å². The first-order chi connectivity index (χ1) is 18.1. The fraction of sp³-hybridized carbons (Fsp3) is 0.310. The third-order valence-corrected chi connectivity index (χ3v) is 7.24. The minimum absolute atomic E-state index is 0.107. The van der Waals surface area contributed by atoms with E-state index in [1.807, 2.05) is 60.8 Å². The van der Waals surface area contributed by atoms with Crippen molar-refractivity contribution in [2.45, 2.75) is 32.1 Å². The average molecular weight is 522 g/mol. The highest BCUT2D eigenvalue weighted by Gasteiger charge is 2.35. The highest BCUT2D eigenvalue weighted by Crippen LogP contribution is 2.35. The second kappa shape index (κ2) is 10.2. The van der Waals surface area contributed by atoms with Crippen LogP contribution in [0.5, 0.6) is 0 Å². The number of aryl methyl sites for hydroxylation is 1. The molecule has 0 unspecified atom stereocenters. The summed E-state index contributed by atoms with van der Waals surface area (Å²) in [6.07, 6.45) is 0.0363. The zero-order chi connectivity index (χ0) is 27.0. The normalized spacial score (nSPS) is 16.4. The molecule has 0 spiro atoms. The molecule has 1 aliphatic heterocycles. The fourth-order valence-electron chi connectivity index (χ4n) is 5.05. The number of hydrogen-bond donors (Lipinski definition) is 1. The molecule has 1 fully saturated rings. The Morgan fingerprint density at radius 3 is 2.68 bits per heavy atom. The van der Waals surface area contributed by atoms with Crippen molar-refractivity contribution in [2.75, 3.05) is 32.5 Å². The summed E-state index contributed by atoms with van der Waals surface area (Å²) in [7, 11) is 3.98. The maximum absolute atomic E-state index is 14.0. The quantitative estimate of drug-likeness (QED) is 0.353. The Labute approximate surface area is 219 Å². The summed E-state index contributed by atoms with van der Waals surface area (Å²) in [5, 5.41) is 2.66. The predicted octanol–water partition coefficient (Wildman–Crippen LogP) is 5.72. The van der Waals surface area contributed by atoms with E-state index in [1.54, 1.807) is 24.4 Å². The van der Waals surface area contributed by atoms with Gasteiger partial charge in [0, 0.05) is 48.7 Å². The SMILES string of the molecule is Cc1ccc(C(=O)Nc2ccc(CN3CC[C@H](N(C)C)C3)c(C(F)(F)F)c2)cc1-c1cnc2ccccn12. The lowest BCUT2D eigenvalue weighted by molar-refractivity contribution is -0.138. The van der Waals surface area contributed by atoms with Crippen LogP contribution in [0.25, 0.3) is 16.9 Å². The Morgan fingerprint density at radius 1 is 1.13 bits per heavy atom. The highest BCUT2D eigenvalue weighted by atomic mass is 19.4. The zero-order valence-electron chi connectivity index (χ0n) is 21.6. The van der Waals surface area contributed by atoms with E-state index < -0.39 is 17.6 Å². The fourth-order valence-corrected chi connectivity index (χ4v) is 5.05. The van der Waals surface area contributed by atoms with Gasteiger partial charge in [0.15, 0.2) is 0 Å². The van der Waals surface area contributed by atoms with Gasteiger partial charge in [0.1, 0.15) is 5.65 Å². The number of amides is 1. The number of alkyl halides is 3. The molecular weight excluding hydrogens is 491 g/mol. The molecule has 2 aromatic carbocycles. The van der Waals surface area contributed by atoms with Gasteiger partial charge in [-0.1, -0.05) is 18.2 Å². The molecule has 1 N–H and O–H groups in total. The second-order valence-corrected chi connectivity index (χ2v) is 10.1. The first kappa shape index (κ1) is 25.9. The average Bonchev–Trinajstić information content (AvgIpc) is 3.52. The standard InChI is InChI=1S/C29H30F3N5O/c1-19-7-8-20(14-24(19)26-16-33-27-6-4-5-12-37(26)27)28(38)34-22-10-9-21(25(15-22)29(30,31)32)17-36-13-11-23(18-36)35(2)3/h4-10,12,14-16,23H,11,13,17-18H2,1-3H3,(H,34,38)/t23-/m0/s1. The summed E-state index contributed by atoms with van der Waals surface area (Å²) < 4.78 is 43.9. The van der Waals surface area contributed by atoms with Crippen LogP contribution in [0.1, 0.15) is 33.5 Å². The van der Waals surface area contributed by atoms with Crippen molar-refractivity contribution in [3.63, 3.8) is 0 Å². The van der Waals surface area contributed by atoms with Crippen LogP contribution in [-0.4, -0.2) is 58.3 Å². The van der Waals surface area contributed by atoms with Crippen LogP contribution in [0.2, 0.25) is 0 Å². The molecule has 2 aromatic heterocycles. The molecule has 1 aliphatic rings. The number of imidazole rings is 1. The van der Waals surface area contributed by atoms with Crippen LogP contribution in [-0.2, 0) is 12.7 Å². The molecule has 38 heavy (non-hydrogen) atoms. The molecule has 0 bridgehead atoms. The van der Waals surface area contributed by atoms with Crippen LogP contribution in [0.4, 0.5) is 18.9 Å². The minimum Gasteiger partial charge on any atom is -0.322 e. The number of nitrogens with one attached hydrogen (secondary N) is 1. The number of likely N-dealkylation sites (tertiary alicyclic amines) is 1. The molecule has 1 saturated heterocycles. The summed E-state index contributed by atoms with van der Waals surface area (Å²) in [5.74, 6) is -0.477. The molecule has 4 aromatic rings. The van der Waals surface area contributed by atoms with E-state index in [0.29, 0.717) is 11.6 Å². The van der Waals surface area contributed by atoms with E-state index in [-0.39, 0.29) is 17.8 Å². The van der Waals surface area contributed by atoms with Gasteiger partial charge in [-0.25, -0.2) is 4.98 Å². The van der Waals surface area contributed by atoms with Crippen molar-refractivity contribution >= 4 is 17.2 Å². The molecule has 3 heterocycles. The van der Waals surface area contributed by atoms with Crippen molar-refractivity contribution in [2.24, 2.45) is 0 Å². The number of benzene rings is 2. The number of hydrogen-bond acceptors (Lipinski definition) is 4. The number of fused-ring (bicyclic) bond motifs is 1. The Hall–Kier alpha value is -3.69. The molecule has 6 nitrogen and oxygen atoms in total. The second-order valence-electron chi connectivity index (χ2n) is 10.1. The molecule has 0 aliphatic carbocycles. The van der Waals surface area contributed by atoms with E-state index in [9.17, 15) is 18.0 Å². The number of likely N-dealkylation sites (N-methyl/N-ethyl adjacent to an activating group) is 1. The predicted molar refractivity (Wildman–Crippen MR) is 142 cm³/mol. The largest absolute Gasteiger partial charge is 0.416 e. The first-order valence-corrected chi connectivity index (χ1v) is 12.5. The molecule has 1 atom stereocenters. The minimum atomic E-state index is -4.53. The van der Waals surface area contributed by atoms with Gasteiger partial charge in [-0.15, -0.1) is 0 Å². The van der Waals surface area contributed by atoms with E-state index in [4.69, 9.17) is 0 Å². The van der Waals surface area contributed by atoms with Gasteiger partial charge in [0.05, 0.1) is 17.5 Å². The Balaban J connectivity index is 1.38. The number of carbonyl (C=O) groups excluding carboxylic acids is 1. The summed E-state index contributed by atoms with van der Waals surface area (Å²) in [4.78, 5) is 21.7. The Morgan fingerprint density at radius 2 is 1.95 bits per heavy atom. The summed E-state index contributed by atoms with van der Waals surface area (Å²) in [5.41, 5.74) is 3.33.